The smallest absolute Gasteiger partial charge is 0.407 e. The first kappa shape index (κ1) is 18.1. The predicted molar refractivity (Wildman–Crippen MR) is 106 cm³/mol. The van der Waals surface area contributed by atoms with Gasteiger partial charge in [0.25, 0.3) is 5.79 Å². The van der Waals surface area contributed by atoms with E-state index in [0.29, 0.717) is 5.69 Å². The molecule has 3 saturated heterocycles. The second kappa shape index (κ2) is 5.91. The van der Waals surface area contributed by atoms with Gasteiger partial charge in [-0.1, -0.05) is 30.3 Å². The standard InChI is InChI=1S/C23H21NO6/c1-22(2)28-18-11-27-23(20(25)19(18)29-22)12-24(21(26)30-23)15-7-8-17-14(10-15)9-13-5-3-4-6-16(13)17/h3-8,10,18-19H,9,11-12H2,1-2H3/t18-,19-,23+/m1/s1. The van der Waals surface area contributed by atoms with Crippen molar-refractivity contribution in [3.63, 3.8) is 0 Å². The summed E-state index contributed by atoms with van der Waals surface area (Å²) in [6, 6.07) is 14.2. The van der Waals surface area contributed by atoms with Gasteiger partial charge in [-0.05, 0) is 54.7 Å². The monoisotopic (exact) mass is 407 g/mol. The van der Waals surface area contributed by atoms with E-state index in [1.54, 1.807) is 13.8 Å². The van der Waals surface area contributed by atoms with E-state index in [0.717, 1.165) is 12.0 Å². The normalized spacial score (nSPS) is 30.9. The van der Waals surface area contributed by atoms with Gasteiger partial charge in [0.05, 0.1) is 6.61 Å². The van der Waals surface area contributed by atoms with Crippen molar-refractivity contribution in [1.82, 2.24) is 0 Å². The van der Waals surface area contributed by atoms with E-state index in [9.17, 15) is 9.59 Å². The average molecular weight is 407 g/mol. The third-order valence-electron chi connectivity index (χ3n) is 6.23. The molecular weight excluding hydrogens is 386 g/mol. The molecule has 3 heterocycles. The molecular formula is C23H21NO6. The van der Waals surface area contributed by atoms with Gasteiger partial charge < -0.3 is 18.9 Å². The summed E-state index contributed by atoms with van der Waals surface area (Å²) in [5.74, 6) is -2.95. The van der Waals surface area contributed by atoms with E-state index in [4.69, 9.17) is 18.9 Å². The topological polar surface area (TPSA) is 74.3 Å². The number of benzene rings is 2. The molecule has 2 aromatic carbocycles. The predicted octanol–water partition coefficient (Wildman–Crippen LogP) is 3.03. The number of hydrogen-bond donors (Lipinski definition) is 0. The van der Waals surface area contributed by atoms with Crippen LogP contribution in [0.15, 0.2) is 42.5 Å². The molecule has 0 N–H and O–H groups in total. The SMILES string of the molecule is CC1(C)O[C@@H]2CO[C@]3(CN(c4ccc5c(c4)Cc4ccccc4-5)C(=O)O3)C(=O)[C@@H]2O1. The molecule has 0 bridgehead atoms. The highest BCUT2D eigenvalue weighted by Gasteiger charge is 2.63. The number of hydrogen-bond acceptors (Lipinski definition) is 6. The van der Waals surface area contributed by atoms with Gasteiger partial charge in [0.2, 0.25) is 5.78 Å². The summed E-state index contributed by atoms with van der Waals surface area (Å²) >= 11 is 0. The number of carbonyl (C=O) groups excluding carboxylic acids is 2. The van der Waals surface area contributed by atoms with Crippen LogP contribution in [0, 0.1) is 0 Å². The van der Waals surface area contributed by atoms with Crippen molar-refractivity contribution < 1.29 is 28.5 Å². The van der Waals surface area contributed by atoms with Crippen molar-refractivity contribution in [2.75, 3.05) is 18.1 Å². The lowest BCUT2D eigenvalue weighted by atomic mass is 9.98. The zero-order valence-electron chi connectivity index (χ0n) is 16.7. The summed E-state index contributed by atoms with van der Waals surface area (Å²) in [7, 11) is 0. The number of carbonyl (C=O) groups is 2. The second-order valence-electron chi connectivity index (χ2n) is 8.65. The summed E-state index contributed by atoms with van der Waals surface area (Å²) in [6.45, 7) is 3.62. The van der Waals surface area contributed by atoms with Gasteiger partial charge in [-0.2, -0.15) is 0 Å². The highest BCUT2D eigenvalue weighted by Crippen LogP contribution is 2.42. The Kier molecular flexibility index (Phi) is 3.56. The number of amides is 1. The van der Waals surface area contributed by atoms with Crippen LogP contribution in [0.4, 0.5) is 10.5 Å². The lowest BCUT2D eigenvalue weighted by Gasteiger charge is -2.34. The molecule has 0 saturated carbocycles. The molecule has 7 heteroatoms. The van der Waals surface area contributed by atoms with Gasteiger partial charge in [-0.15, -0.1) is 0 Å². The quantitative estimate of drug-likeness (QED) is 0.617. The highest BCUT2D eigenvalue weighted by atomic mass is 16.8. The van der Waals surface area contributed by atoms with Gasteiger partial charge in [0, 0.05) is 5.69 Å². The van der Waals surface area contributed by atoms with Gasteiger partial charge in [0.1, 0.15) is 12.6 Å². The van der Waals surface area contributed by atoms with Crippen molar-refractivity contribution in [1.29, 1.82) is 0 Å². The van der Waals surface area contributed by atoms with Crippen LogP contribution in [0.25, 0.3) is 11.1 Å². The van der Waals surface area contributed by atoms with E-state index < -0.39 is 35.7 Å². The van der Waals surface area contributed by atoms with Crippen LogP contribution in [0.2, 0.25) is 0 Å². The van der Waals surface area contributed by atoms with Gasteiger partial charge in [-0.25, -0.2) is 4.79 Å². The Balaban J connectivity index is 1.29. The van der Waals surface area contributed by atoms with Crippen molar-refractivity contribution in [2.24, 2.45) is 0 Å². The summed E-state index contributed by atoms with van der Waals surface area (Å²) in [4.78, 5) is 27.3. The molecule has 1 aliphatic carbocycles. The van der Waals surface area contributed by atoms with Gasteiger partial charge in [-0.3, -0.25) is 9.69 Å². The van der Waals surface area contributed by atoms with Crippen LogP contribution in [-0.2, 0) is 30.2 Å². The van der Waals surface area contributed by atoms with Gasteiger partial charge in [0.15, 0.2) is 11.9 Å². The molecule has 154 valence electrons. The Morgan fingerprint density at radius 3 is 2.67 bits per heavy atom. The zero-order chi connectivity index (χ0) is 20.7. The Hall–Kier alpha value is -2.74. The van der Waals surface area contributed by atoms with Crippen LogP contribution in [0.3, 0.4) is 0 Å². The molecule has 3 atom stereocenters. The number of ether oxygens (including phenoxy) is 4. The minimum absolute atomic E-state index is 0.0105. The Labute approximate surface area is 173 Å². The Morgan fingerprint density at radius 1 is 1.00 bits per heavy atom. The fourth-order valence-corrected chi connectivity index (χ4v) is 4.88. The highest BCUT2D eigenvalue weighted by molar-refractivity contribution is 6.00. The van der Waals surface area contributed by atoms with Crippen molar-refractivity contribution in [3.8, 4) is 11.1 Å². The molecule has 0 unspecified atom stereocenters. The lowest BCUT2D eigenvalue weighted by molar-refractivity contribution is -0.218. The van der Waals surface area contributed by atoms with Crippen LogP contribution in [0.1, 0.15) is 25.0 Å². The fraction of sp³-hybridized carbons (Fsp3) is 0.391. The molecule has 3 aliphatic heterocycles. The van der Waals surface area contributed by atoms with E-state index >= 15 is 0 Å². The largest absolute Gasteiger partial charge is 0.417 e. The molecule has 30 heavy (non-hydrogen) atoms. The maximum atomic E-state index is 13.1. The van der Waals surface area contributed by atoms with Crippen molar-refractivity contribution in [2.45, 2.75) is 44.1 Å². The average Bonchev–Trinajstić information content (AvgIpc) is 3.35. The molecule has 1 spiro atoms. The minimum Gasteiger partial charge on any atom is -0.407 e. The molecule has 0 radical (unpaired) electrons. The van der Waals surface area contributed by atoms with Crippen LogP contribution < -0.4 is 4.90 Å². The first-order valence-electron chi connectivity index (χ1n) is 10.1. The van der Waals surface area contributed by atoms with Gasteiger partial charge >= 0.3 is 6.09 Å². The fourth-order valence-electron chi connectivity index (χ4n) is 4.88. The van der Waals surface area contributed by atoms with E-state index in [1.807, 2.05) is 30.3 Å². The molecule has 7 nitrogen and oxygen atoms in total. The third-order valence-corrected chi connectivity index (χ3v) is 6.23. The summed E-state index contributed by atoms with van der Waals surface area (Å²) < 4.78 is 22.8. The van der Waals surface area contributed by atoms with Crippen LogP contribution >= 0.6 is 0 Å². The Morgan fingerprint density at radius 2 is 1.80 bits per heavy atom. The molecule has 6 rings (SSSR count). The maximum absolute atomic E-state index is 13.1. The number of fused-ring (bicyclic) bond motifs is 4. The first-order chi connectivity index (χ1) is 14.4. The third kappa shape index (κ3) is 2.49. The molecule has 2 aromatic rings. The number of rotatable bonds is 1. The van der Waals surface area contributed by atoms with Crippen molar-refractivity contribution >= 4 is 17.6 Å². The van der Waals surface area contributed by atoms with E-state index in [-0.39, 0.29) is 13.2 Å². The zero-order valence-corrected chi connectivity index (χ0v) is 16.7. The maximum Gasteiger partial charge on any atom is 0.417 e. The first-order valence-corrected chi connectivity index (χ1v) is 10.1. The number of nitrogens with zero attached hydrogens (tertiary/aromatic N) is 1. The summed E-state index contributed by atoms with van der Waals surface area (Å²) in [5.41, 5.74) is 5.49. The number of anilines is 1. The summed E-state index contributed by atoms with van der Waals surface area (Å²) in [5, 5.41) is 0. The number of ketones is 1. The van der Waals surface area contributed by atoms with Crippen LogP contribution in [0.5, 0.6) is 0 Å². The minimum atomic E-state index is -1.66. The summed E-state index contributed by atoms with van der Waals surface area (Å²) in [6.07, 6.45) is -1.09. The Bertz CT molecular complexity index is 1090. The molecule has 3 fully saturated rings. The molecule has 0 aromatic heterocycles. The van der Waals surface area contributed by atoms with E-state index in [1.165, 1.54) is 21.6 Å². The second-order valence-corrected chi connectivity index (χ2v) is 8.65. The molecule has 4 aliphatic rings. The molecule has 1 amide bonds. The lowest BCUT2D eigenvalue weighted by Crippen LogP contribution is -2.59. The number of Topliss-reactive ketones (excluding diaryl/α,β-unsaturated/α-hetero) is 1. The van der Waals surface area contributed by atoms with Crippen molar-refractivity contribution in [3.05, 3.63) is 53.6 Å². The van der Waals surface area contributed by atoms with E-state index in [2.05, 4.69) is 12.1 Å². The van der Waals surface area contributed by atoms with Crippen LogP contribution in [-0.4, -0.2) is 48.8 Å².